The average molecular weight is 342 g/mol. The molecule has 0 fully saturated rings. The van der Waals surface area contributed by atoms with Gasteiger partial charge in [-0.05, 0) is 24.6 Å². The molecule has 0 aliphatic rings. The average Bonchev–Trinajstić information content (AvgIpc) is 2.48. The van der Waals surface area contributed by atoms with Crippen molar-refractivity contribution in [2.24, 2.45) is 0 Å². The Morgan fingerprint density at radius 3 is 2.68 bits per heavy atom. The zero-order valence-electron chi connectivity index (χ0n) is 11.6. The minimum absolute atomic E-state index is 0.0442. The van der Waals surface area contributed by atoms with Gasteiger partial charge >= 0.3 is 5.69 Å². The maximum Gasteiger partial charge on any atom is 0.353 e. The van der Waals surface area contributed by atoms with Gasteiger partial charge in [-0.1, -0.05) is 30.1 Å². The number of nitrogens with one attached hydrogen (secondary N) is 2. The van der Waals surface area contributed by atoms with E-state index in [2.05, 4.69) is 20.6 Å². The van der Waals surface area contributed by atoms with Crippen LogP contribution in [0.15, 0.2) is 24.5 Å². The van der Waals surface area contributed by atoms with E-state index in [-0.39, 0.29) is 17.3 Å². The van der Waals surface area contributed by atoms with Crippen LogP contribution in [0.3, 0.4) is 0 Å². The van der Waals surface area contributed by atoms with Crippen LogP contribution >= 0.6 is 23.2 Å². The fraction of sp³-hybridized carbons (Fsp3) is 0.231. The predicted octanol–water partition coefficient (Wildman–Crippen LogP) is 4.26. The van der Waals surface area contributed by atoms with Gasteiger partial charge in [0.05, 0.1) is 15.6 Å². The molecule has 1 aromatic heterocycles. The van der Waals surface area contributed by atoms with Gasteiger partial charge in [0.15, 0.2) is 0 Å². The number of hydrogen-bond acceptors (Lipinski definition) is 6. The summed E-state index contributed by atoms with van der Waals surface area (Å²) in [6.07, 6.45) is 2.05. The Hall–Kier alpha value is -2.12. The lowest BCUT2D eigenvalue weighted by atomic mass is 10.3. The van der Waals surface area contributed by atoms with Crippen LogP contribution < -0.4 is 10.6 Å². The molecule has 9 heteroatoms. The van der Waals surface area contributed by atoms with Gasteiger partial charge in [0, 0.05) is 11.6 Å². The van der Waals surface area contributed by atoms with Crippen LogP contribution in [0, 0.1) is 10.1 Å². The van der Waals surface area contributed by atoms with Crippen molar-refractivity contribution in [2.45, 2.75) is 13.3 Å². The predicted molar refractivity (Wildman–Crippen MR) is 87.2 cm³/mol. The van der Waals surface area contributed by atoms with E-state index in [9.17, 15) is 10.1 Å². The van der Waals surface area contributed by atoms with E-state index >= 15 is 0 Å². The van der Waals surface area contributed by atoms with Crippen LogP contribution in [-0.4, -0.2) is 21.4 Å². The summed E-state index contributed by atoms with van der Waals surface area (Å²) in [5.74, 6) is 0.199. The normalized spacial score (nSPS) is 10.3. The van der Waals surface area contributed by atoms with E-state index in [1.54, 1.807) is 18.2 Å². The summed E-state index contributed by atoms with van der Waals surface area (Å²) in [6, 6.07) is 4.78. The first-order chi connectivity index (χ1) is 10.5. The van der Waals surface area contributed by atoms with E-state index in [1.807, 2.05) is 6.92 Å². The summed E-state index contributed by atoms with van der Waals surface area (Å²) in [6.45, 7) is 2.51. The zero-order chi connectivity index (χ0) is 16.1. The van der Waals surface area contributed by atoms with Crippen LogP contribution in [0.4, 0.5) is 23.0 Å². The maximum atomic E-state index is 11.3. The molecule has 1 aromatic carbocycles. The molecule has 22 heavy (non-hydrogen) atoms. The smallest absolute Gasteiger partial charge is 0.353 e. The summed E-state index contributed by atoms with van der Waals surface area (Å²) in [7, 11) is 0. The Morgan fingerprint density at radius 2 is 2.00 bits per heavy atom. The highest BCUT2D eigenvalue weighted by molar-refractivity contribution is 6.35. The molecule has 0 bridgehead atoms. The summed E-state index contributed by atoms with van der Waals surface area (Å²) in [5, 5.41) is 17.9. The molecule has 116 valence electrons. The molecule has 0 radical (unpaired) electrons. The van der Waals surface area contributed by atoms with Crippen molar-refractivity contribution in [3.63, 3.8) is 0 Å². The number of nitrogens with zero attached hydrogens (tertiary/aromatic N) is 3. The number of halogens is 2. The second-order valence-electron chi connectivity index (χ2n) is 4.35. The van der Waals surface area contributed by atoms with Crippen molar-refractivity contribution < 1.29 is 4.92 Å². The molecular formula is C13H13Cl2N5O2. The summed E-state index contributed by atoms with van der Waals surface area (Å²) < 4.78 is 0. The number of nitro groups is 1. The molecule has 2 rings (SSSR count). The van der Waals surface area contributed by atoms with Crippen molar-refractivity contribution in [3.05, 3.63) is 44.7 Å². The van der Waals surface area contributed by atoms with E-state index in [4.69, 9.17) is 23.2 Å². The third-order valence-corrected chi connectivity index (χ3v) is 3.29. The van der Waals surface area contributed by atoms with Gasteiger partial charge in [-0.25, -0.2) is 9.97 Å². The van der Waals surface area contributed by atoms with Gasteiger partial charge in [-0.3, -0.25) is 10.1 Å². The molecule has 0 saturated heterocycles. The van der Waals surface area contributed by atoms with Crippen molar-refractivity contribution in [1.29, 1.82) is 0 Å². The van der Waals surface area contributed by atoms with Crippen LogP contribution in [0.25, 0.3) is 0 Å². The molecule has 0 spiro atoms. The largest absolute Gasteiger partial charge is 0.364 e. The Morgan fingerprint density at radius 1 is 1.27 bits per heavy atom. The molecule has 0 atom stereocenters. The standard InChI is InChI=1S/C13H13Cl2N5O2/c1-2-5-16-12-11(20(21)22)13(18-7-17-12)19-10-6-8(14)3-4-9(10)15/h3-4,6-7H,2,5H2,1H3,(H2,16,17,18,19). The van der Waals surface area contributed by atoms with E-state index in [0.717, 1.165) is 6.42 Å². The summed E-state index contributed by atoms with van der Waals surface area (Å²) in [5.41, 5.74) is 0.185. The van der Waals surface area contributed by atoms with Crippen LogP contribution in [0.1, 0.15) is 13.3 Å². The topological polar surface area (TPSA) is 93.0 Å². The third kappa shape index (κ3) is 3.75. The van der Waals surface area contributed by atoms with Gasteiger partial charge in [0.2, 0.25) is 11.6 Å². The molecule has 0 aliphatic carbocycles. The van der Waals surface area contributed by atoms with Crippen LogP contribution in [-0.2, 0) is 0 Å². The first kappa shape index (κ1) is 16.3. The Labute approximate surface area is 136 Å². The molecular weight excluding hydrogens is 329 g/mol. The highest BCUT2D eigenvalue weighted by Crippen LogP contribution is 2.34. The molecule has 2 aromatic rings. The molecule has 0 unspecified atom stereocenters. The third-order valence-electron chi connectivity index (χ3n) is 2.73. The van der Waals surface area contributed by atoms with Crippen molar-refractivity contribution in [3.8, 4) is 0 Å². The minimum Gasteiger partial charge on any atom is -0.364 e. The van der Waals surface area contributed by atoms with E-state index in [0.29, 0.717) is 22.3 Å². The monoisotopic (exact) mass is 341 g/mol. The molecule has 0 aliphatic heterocycles. The maximum absolute atomic E-state index is 11.3. The van der Waals surface area contributed by atoms with Gasteiger partial charge in [-0.2, -0.15) is 0 Å². The Bertz CT molecular complexity index is 696. The lowest BCUT2D eigenvalue weighted by Gasteiger charge is -2.10. The fourth-order valence-electron chi connectivity index (χ4n) is 1.74. The quantitative estimate of drug-likeness (QED) is 0.602. The first-order valence-corrected chi connectivity index (χ1v) is 7.23. The van der Waals surface area contributed by atoms with Crippen molar-refractivity contribution >= 4 is 46.2 Å². The van der Waals surface area contributed by atoms with Gasteiger partial charge in [-0.15, -0.1) is 0 Å². The van der Waals surface area contributed by atoms with E-state index in [1.165, 1.54) is 6.33 Å². The van der Waals surface area contributed by atoms with E-state index < -0.39 is 4.92 Å². The lowest BCUT2D eigenvalue weighted by molar-refractivity contribution is -0.383. The molecule has 2 N–H and O–H groups in total. The summed E-state index contributed by atoms with van der Waals surface area (Å²) in [4.78, 5) is 18.6. The first-order valence-electron chi connectivity index (χ1n) is 6.48. The number of aromatic nitrogens is 2. The van der Waals surface area contributed by atoms with Crippen LogP contribution in [0.2, 0.25) is 10.0 Å². The van der Waals surface area contributed by atoms with Crippen molar-refractivity contribution in [1.82, 2.24) is 9.97 Å². The van der Waals surface area contributed by atoms with Crippen molar-refractivity contribution in [2.75, 3.05) is 17.2 Å². The number of benzene rings is 1. The fourth-order valence-corrected chi connectivity index (χ4v) is 2.07. The van der Waals surface area contributed by atoms with Gasteiger partial charge < -0.3 is 10.6 Å². The second-order valence-corrected chi connectivity index (χ2v) is 5.20. The SMILES string of the molecule is CCCNc1ncnc(Nc2cc(Cl)ccc2Cl)c1[N+](=O)[O-]. The summed E-state index contributed by atoms with van der Waals surface area (Å²) >= 11 is 12.0. The minimum atomic E-state index is -0.543. The second kappa shape index (κ2) is 7.24. The lowest BCUT2D eigenvalue weighted by Crippen LogP contribution is -2.08. The molecule has 0 saturated carbocycles. The molecule has 7 nitrogen and oxygen atoms in total. The highest BCUT2D eigenvalue weighted by Gasteiger charge is 2.23. The molecule has 0 amide bonds. The molecule has 1 heterocycles. The highest BCUT2D eigenvalue weighted by atomic mass is 35.5. The number of anilines is 3. The number of rotatable bonds is 6. The zero-order valence-corrected chi connectivity index (χ0v) is 13.1. The Balaban J connectivity index is 2.41. The Kier molecular flexibility index (Phi) is 5.35. The number of hydrogen-bond donors (Lipinski definition) is 2. The van der Waals surface area contributed by atoms with Gasteiger partial charge in [0.1, 0.15) is 6.33 Å². The van der Waals surface area contributed by atoms with Gasteiger partial charge in [0.25, 0.3) is 0 Å². The van der Waals surface area contributed by atoms with Crippen LogP contribution in [0.5, 0.6) is 0 Å².